The van der Waals surface area contributed by atoms with Gasteiger partial charge >= 0.3 is 0 Å². The van der Waals surface area contributed by atoms with Crippen LogP contribution in [0.25, 0.3) is 105 Å². The minimum absolute atomic E-state index is 0.219. The minimum atomic E-state index is -0.219. The lowest BCUT2D eigenvalue weighted by molar-refractivity contribution is 0.609. The van der Waals surface area contributed by atoms with Crippen LogP contribution in [-0.4, -0.2) is 19.9 Å². The Balaban J connectivity index is 0.864. The van der Waals surface area contributed by atoms with Crippen LogP contribution in [0.2, 0.25) is 0 Å². The third kappa shape index (κ3) is 5.70. The lowest BCUT2D eigenvalue weighted by Crippen LogP contribution is -2.21. The topological polar surface area (TPSA) is 64.7 Å². The molecule has 0 saturated carbocycles. The van der Waals surface area contributed by atoms with Gasteiger partial charge in [-0.1, -0.05) is 128 Å². The summed E-state index contributed by atoms with van der Waals surface area (Å²) in [6.07, 6.45) is 9.49. The smallest absolute Gasteiger partial charge is 0.135 e. The van der Waals surface area contributed by atoms with Crippen LogP contribution in [0.4, 0.5) is 0 Å². The molecule has 0 saturated heterocycles. The first-order chi connectivity index (χ1) is 29.5. The maximum Gasteiger partial charge on any atom is 0.135 e. The van der Waals surface area contributed by atoms with E-state index in [0.29, 0.717) is 0 Å². The molecule has 5 heterocycles. The molecule has 5 nitrogen and oxygen atoms in total. The van der Waals surface area contributed by atoms with Crippen molar-refractivity contribution in [2.75, 3.05) is 0 Å². The highest BCUT2D eigenvalue weighted by molar-refractivity contribution is 6.07. The summed E-state index contributed by atoms with van der Waals surface area (Å²) in [7, 11) is 0. The highest BCUT2D eigenvalue weighted by atomic mass is 16.3. The Bertz CT molecular complexity index is 3620. The molecule has 0 amide bonds. The van der Waals surface area contributed by atoms with E-state index >= 15 is 0 Å². The van der Waals surface area contributed by atoms with E-state index in [1.807, 2.05) is 30.5 Å². The van der Waals surface area contributed by atoms with Crippen molar-refractivity contribution in [3.8, 4) is 33.8 Å². The number of furan rings is 1. The number of aromatic nitrogens is 4. The van der Waals surface area contributed by atoms with Gasteiger partial charge in [-0.2, -0.15) is 0 Å². The van der Waals surface area contributed by atoms with Crippen molar-refractivity contribution in [1.82, 2.24) is 19.9 Å². The average molecular weight is 769 g/mol. The quantitative estimate of drug-likeness (QED) is 0.163. The molecular formula is C55H36N4O. The molecule has 1 unspecified atom stereocenters. The van der Waals surface area contributed by atoms with Crippen LogP contribution in [-0.2, 0) is 5.41 Å². The predicted octanol–water partition coefficient (Wildman–Crippen LogP) is 14.1. The molecule has 1 aliphatic rings. The van der Waals surface area contributed by atoms with Gasteiger partial charge in [-0.3, -0.25) is 4.98 Å². The Morgan fingerprint density at radius 1 is 0.467 bits per heavy atom. The Labute approximate surface area is 346 Å². The van der Waals surface area contributed by atoms with Gasteiger partial charge in [-0.15, -0.1) is 0 Å². The van der Waals surface area contributed by atoms with Crippen LogP contribution in [0, 0.1) is 0 Å². The standard InChI is InChI=1S/C55H36N4O/c1-55(28-6-11-42(33-55)38-8-4-9-39(30-38)46-24-20-35-17-16-34-12-7-29-56-51(34)52(35)57-46)43-13-5-10-40(31-43)47-25-21-36-18-19-37-22-26-48(59-54(37)53(36)58-47)41-23-27-50-45(32-41)44-14-2-3-15-49(44)60-50/h2-32H,33H2,1H3. The van der Waals surface area contributed by atoms with Crippen molar-refractivity contribution in [2.45, 2.75) is 18.8 Å². The van der Waals surface area contributed by atoms with Crippen molar-refractivity contribution in [1.29, 1.82) is 0 Å². The van der Waals surface area contributed by atoms with Crippen molar-refractivity contribution >= 4 is 71.1 Å². The van der Waals surface area contributed by atoms with E-state index in [2.05, 4.69) is 170 Å². The molecule has 0 fully saturated rings. The Kier molecular flexibility index (Phi) is 7.66. The van der Waals surface area contributed by atoms with Gasteiger partial charge in [0.15, 0.2) is 0 Å². The van der Waals surface area contributed by atoms with Crippen molar-refractivity contribution in [3.05, 3.63) is 199 Å². The predicted molar refractivity (Wildman–Crippen MR) is 247 cm³/mol. The molecule has 60 heavy (non-hydrogen) atoms. The van der Waals surface area contributed by atoms with Gasteiger partial charge in [0, 0.05) is 60.6 Å². The zero-order valence-electron chi connectivity index (χ0n) is 32.8. The normalized spacial score (nSPS) is 15.4. The van der Waals surface area contributed by atoms with Crippen LogP contribution in [0.5, 0.6) is 0 Å². The number of hydrogen-bond acceptors (Lipinski definition) is 5. The molecule has 0 spiro atoms. The molecule has 1 aliphatic carbocycles. The Morgan fingerprint density at radius 3 is 1.78 bits per heavy atom. The second kappa shape index (κ2) is 13.4. The lowest BCUT2D eigenvalue weighted by atomic mass is 9.73. The molecule has 0 N–H and O–H groups in total. The minimum Gasteiger partial charge on any atom is -0.456 e. The van der Waals surface area contributed by atoms with Crippen LogP contribution in [0.15, 0.2) is 193 Å². The highest BCUT2D eigenvalue weighted by Crippen LogP contribution is 2.41. The highest BCUT2D eigenvalue weighted by Gasteiger charge is 2.28. The van der Waals surface area contributed by atoms with E-state index in [1.165, 1.54) is 16.7 Å². The first-order valence-corrected chi connectivity index (χ1v) is 20.4. The Hall–Kier alpha value is -7.76. The van der Waals surface area contributed by atoms with E-state index in [1.54, 1.807) is 0 Å². The number of benzene rings is 6. The molecule has 0 radical (unpaired) electrons. The van der Waals surface area contributed by atoms with Crippen LogP contribution in [0.3, 0.4) is 0 Å². The summed E-state index contributed by atoms with van der Waals surface area (Å²) in [6, 6.07) is 57.5. The fraction of sp³-hybridized carbons (Fsp3) is 0.0545. The van der Waals surface area contributed by atoms with E-state index in [0.717, 1.165) is 106 Å². The molecule has 282 valence electrons. The summed E-state index contributed by atoms with van der Waals surface area (Å²) in [5, 5.41) is 6.50. The number of rotatable bonds is 5. The lowest BCUT2D eigenvalue weighted by Gasteiger charge is -2.31. The van der Waals surface area contributed by atoms with E-state index < -0.39 is 0 Å². The fourth-order valence-electron chi connectivity index (χ4n) is 9.06. The molecule has 1 atom stereocenters. The van der Waals surface area contributed by atoms with Crippen molar-refractivity contribution in [2.24, 2.45) is 0 Å². The Morgan fingerprint density at radius 2 is 1.05 bits per heavy atom. The summed E-state index contributed by atoms with van der Waals surface area (Å²) >= 11 is 0. The molecular weight excluding hydrogens is 733 g/mol. The third-order valence-corrected chi connectivity index (χ3v) is 12.3. The van der Waals surface area contributed by atoms with Gasteiger partial charge in [0.05, 0.1) is 39.1 Å². The first-order valence-electron chi connectivity index (χ1n) is 20.4. The van der Waals surface area contributed by atoms with E-state index in [9.17, 15) is 0 Å². The zero-order valence-corrected chi connectivity index (χ0v) is 32.8. The summed E-state index contributed by atoms with van der Waals surface area (Å²) in [6.45, 7) is 2.33. The zero-order chi connectivity index (χ0) is 39.8. The molecule has 0 aliphatic heterocycles. The first kappa shape index (κ1) is 34.3. The van der Waals surface area contributed by atoms with Gasteiger partial charge in [0.2, 0.25) is 0 Å². The van der Waals surface area contributed by atoms with Crippen LogP contribution >= 0.6 is 0 Å². The largest absolute Gasteiger partial charge is 0.456 e. The molecule has 12 rings (SSSR count). The molecule has 5 heteroatoms. The van der Waals surface area contributed by atoms with Gasteiger partial charge < -0.3 is 4.42 Å². The monoisotopic (exact) mass is 768 g/mol. The molecule has 5 aromatic heterocycles. The second-order valence-electron chi connectivity index (χ2n) is 16.1. The number of allylic oxidation sites excluding steroid dienone is 4. The van der Waals surface area contributed by atoms with Crippen molar-refractivity contribution in [3.63, 3.8) is 0 Å². The summed E-state index contributed by atoms with van der Waals surface area (Å²) in [5.41, 5.74) is 14.9. The molecule has 6 aromatic carbocycles. The molecule has 0 bridgehead atoms. The van der Waals surface area contributed by atoms with Gasteiger partial charge in [0.25, 0.3) is 0 Å². The number of hydrogen-bond donors (Lipinski definition) is 0. The third-order valence-electron chi connectivity index (χ3n) is 12.3. The average Bonchev–Trinajstić information content (AvgIpc) is 3.69. The SMILES string of the molecule is CC1(c2cccc(-c3ccc4ccc5ccc(-c6ccc7oc8ccccc8c7c6)nc5c4n3)c2)C=CC=C(c2cccc(-c3ccc4ccc5cccnc5c4n3)c2)C1. The van der Waals surface area contributed by atoms with E-state index in [-0.39, 0.29) is 5.41 Å². The van der Waals surface area contributed by atoms with Crippen LogP contribution < -0.4 is 0 Å². The maximum absolute atomic E-state index is 6.10. The van der Waals surface area contributed by atoms with Gasteiger partial charge in [0.1, 0.15) is 11.2 Å². The van der Waals surface area contributed by atoms with Gasteiger partial charge in [-0.25, -0.2) is 15.0 Å². The summed E-state index contributed by atoms with van der Waals surface area (Å²) in [5.74, 6) is 0. The number of para-hydroxylation sites is 1. The number of pyridine rings is 4. The fourth-order valence-corrected chi connectivity index (χ4v) is 9.06. The van der Waals surface area contributed by atoms with Crippen LogP contribution in [0.1, 0.15) is 24.5 Å². The van der Waals surface area contributed by atoms with Crippen molar-refractivity contribution < 1.29 is 4.42 Å². The summed E-state index contributed by atoms with van der Waals surface area (Å²) in [4.78, 5) is 20.4. The number of nitrogens with zero attached hydrogens (tertiary/aromatic N) is 4. The second-order valence-corrected chi connectivity index (χ2v) is 16.1. The van der Waals surface area contributed by atoms with Gasteiger partial charge in [-0.05, 0) is 83.8 Å². The summed E-state index contributed by atoms with van der Waals surface area (Å²) < 4.78 is 6.10. The number of fused-ring (bicyclic) bond motifs is 9. The van der Waals surface area contributed by atoms with E-state index in [4.69, 9.17) is 19.4 Å². The maximum atomic E-state index is 6.10. The molecule has 11 aromatic rings.